The van der Waals surface area contributed by atoms with Crippen LogP contribution in [0.5, 0.6) is 0 Å². The van der Waals surface area contributed by atoms with Crippen molar-refractivity contribution >= 4 is 11.9 Å². The highest BCUT2D eigenvalue weighted by Gasteiger charge is 2.16. The normalized spacial score (nSPS) is 15.3. The molecule has 0 spiro atoms. The van der Waals surface area contributed by atoms with E-state index in [0.29, 0.717) is 6.42 Å². The average Bonchev–Trinajstić information content (AvgIpc) is 2.69. The summed E-state index contributed by atoms with van der Waals surface area (Å²) in [4.78, 5) is 13.5. The summed E-state index contributed by atoms with van der Waals surface area (Å²) in [6.07, 6.45) is 4.46. The third-order valence-electron chi connectivity index (χ3n) is 2.46. The second-order valence-corrected chi connectivity index (χ2v) is 3.74. The van der Waals surface area contributed by atoms with Crippen molar-refractivity contribution < 1.29 is 4.79 Å². The van der Waals surface area contributed by atoms with Gasteiger partial charge in [0.25, 0.3) is 0 Å². The maximum Gasteiger partial charge on any atom is 0.222 e. The van der Waals surface area contributed by atoms with Crippen molar-refractivity contribution in [2.45, 2.75) is 32.1 Å². The van der Waals surface area contributed by atoms with E-state index in [9.17, 15) is 4.79 Å². The summed E-state index contributed by atoms with van der Waals surface area (Å²) in [5.74, 6) is 0.199. The molecule has 0 aliphatic carbocycles. The van der Waals surface area contributed by atoms with E-state index in [4.69, 9.17) is 11.1 Å². The topological polar surface area (TPSA) is 82.2 Å². The highest BCUT2D eigenvalue weighted by molar-refractivity contribution is 5.76. The lowest BCUT2D eigenvalue weighted by atomic mass is 10.2. The minimum atomic E-state index is -0.0548. The Kier molecular flexibility index (Phi) is 4.93. The Hall–Kier alpha value is -1.26. The highest BCUT2D eigenvalue weighted by Crippen LogP contribution is 2.10. The Labute approximate surface area is 90.5 Å². The number of nitrogens with zero attached hydrogens (tertiary/aromatic N) is 1. The van der Waals surface area contributed by atoms with Crippen molar-refractivity contribution in [2.24, 2.45) is 5.73 Å². The molecule has 1 aliphatic rings. The SMILES string of the molecule is N=C(N)N[CH]CCCC(=O)N1CCCC1. The molecule has 0 saturated carbocycles. The van der Waals surface area contributed by atoms with Gasteiger partial charge in [-0.2, -0.15) is 0 Å². The number of rotatable bonds is 5. The van der Waals surface area contributed by atoms with Gasteiger partial charge in [-0.25, -0.2) is 0 Å². The monoisotopic (exact) mass is 211 g/mol. The van der Waals surface area contributed by atoms with Gasteiger partial charge in [-0.1, -0.05) is 0 Å². The maximum atomic E-state index is 11.6. The van der Waals surface area contributed by atoms with E-state index in [2.05, 4.69) is 5.32 Å². The van der Waals surface area contributed by atoms with Crippen LogP contribution in [0.2, 0.25) is 0 Å². The van der Waals surface area contributed by atoms with Crippen LogP contribution < -0.4 is 11.1 Å². The molecule has 5 nitrogen and oxygen atoms in total. The van der Waals surface area contributed by atoms with Crippen LogP contribution in [-0.4, -0.2) is 29.9 Å². The molecular formula is C10H19N4O. The molecule has 5 heteroatoms. The predicted molar refractivity (Wildman–Crippen MR) is 59.0 cm³/mol. The molecule has 1 fully saturated rings. The van der Waals surface area contributed by atoms with Gasteiger partial charge in [-0.15, -0.1) is 0 Å². The lowest BCUT2D eigenvalue weighted by Gasteiger charge is -2.14. The van der Waals surface area contributed by atoms with Gasteiger partial charge < -0.3 is 16.0 Å². The first kappa shape index (κ1) is 11.8. The molecule has 85 valence electrons. The average molecular weight is 211 g/mol. The molecule has 1 radical (unpaired) electrons. The van der Waals surface area contributed by atoms with E-state index >= 15 is 0 Å². The number of carbonyl (C=O) groups is 1. The van der Waals surface area contributed by atoms with Crippen molar-refractivity contribution in [1.82, 2.24) is 10.2 Å². The molecule has 0 unspecified atom stereocenters. The second kappa shape index (κ2) is 6.27. The number of unbranched alkanes of at least 4 members (excludes halogenated alkanes) is 1. The summed E-state index contributed by atoms with van der Waals surface area (Å²) in [5.41, 5.74) is 5.10. The molecule has 0 bridgehead atoms. The highest BCUT2D eigenvalue weighted by atomic mass is 16.2. The zero-order chi connectivity index (χ0) is 11.1. The van der Waals surface area contributed by atoms with Crippen LogP contribution in [0.3, 0.4) is 0 Å². The van der Waals surface area contributed by atoms with Gasteiger partial charge in [-0.05, 0) is 25.7 Å². The summed E-state index contributed by atoms with van der Waals surface area (Å²) >= 11 is 0. The van der Waals surface area contributed by atoms with Crippen molar-refractivity contribution in [1.29, 1.82) is 5.41 Å². The Morgan fingerprint density at radius 2 is 2.13 bits per heavy atom. The first-order valence-corrected chi connectivity index (χ1v) is 5.40. The van der Waals surface area contributed by atoms with Crippen LogP contribution in [0.15, 0.2) is 0 Å². The van der Waals surface area contributed by atoms with Crippen LogP contribution in [0.25, 0.3) is 0 Å². The minimum Gasteiger partial charge on any atom is -0.370 e. The summed E-state index contributed by atoms with van der Waals surface area (Å²) in [6.45, 7) is 3.57. The van der Waals surface area contributed by atoms with Crippen molar-refractivity contribution in [3.05, 3.63) is 6.54 Å². The molecule has 1 aliphatic heterocycles. The van der Waals surface area contributed by atoms with E-state index in [1.54, 1.807) is 6.54 Å². The smallest absolute Gasteiger partial charge is 0.222 e. The molecule has 0 aromatic heterocycles. The molecule has 1 saturated heterocycles. The second-order valence-electron chi connectivity index (χ2n) is 3.74. The number of nitrogens with two attached hydrogens (primary N) is 1. The molecule has 0 aromatic rings. The van der Waals surface area contributed by atoms with Crippen LogP contribution in [0.4, 0.5) is 0 Å². The van der Waals surface area contributed by atoms with E-state index in [0.717, 1.165) is 38.8 Å². The van der Waals surface area contributed by atoms with Crippen LogP contribution >= 0.6 is 0 Å². The van der Waals surface area contributed by atoms with Crippen molar-refractivity contribution in [3.8, 4) is 0 Å². The Bertz CT molecular complexity index is 223. The quantitative estimate of drug-likeness (QED) is 0.350. The van der Waals surface area contributed by atoms with Gasteiger partial charge in [0.05, 0.1) is 0 Å². The molecule has 4 N–H and O–H groups in total. The standard InChI is InChI=1S/C10H19N4O/c11-10(12)13-6-2-1-5-9(15)14-7-3-4-8-14/h6H,1-5,7-8H2,(H4,11,12,13). The van der Waals surface area contributed by atoms with Crippen molar-refractivity contribution in [3.63, 3.8) is 0 Å². The summed E-state index contributed by atoms with van der Waals surface area (Å²) < 4.78 is 0. The molecule has 1 rings (SSSR count). The number of nitrogens with one attached hydrogen (secondary N) is 2. The Balaban J connectivity index is 1.99. The van der Waals surface area contributed by atoms with E-state index in [1.165, 1.54) is 0 Å². The summed E-state index contributed by atoms with van der Waals surface area (Å²) in [6, 6.07) is 0. The number of carbonyl (C=O) groups excluding carboxylic acids is 1. The fourth-order valence-corrected chi connectivity index (χ4v) is 1.66. The lowest BCUT2D eigenvalue weighted by molar-refractivity contribution is -0.130. The molecule has 0 aromatic carbocycles. The molecule has 0 atom stereocenters. The van der Waals surface area contributed by atoms with Crippen LogP contribution in [-0.2, 0) is 4.79 Å². The number of amides is 1. The van der Waals surface area contributed by atoms with Crippen LogP contribution in [0.1, 0.15) is 32.1 Å². The lowest BCUT2D eigenvalue weighted by Crippen LogP contribution is -2.28. The van der Waals surface area contributed by atoms with E-state index < -0.39 is 0 Å². The van der Waals surface area contributed by atoms with Gasteiger partial charge in [0.2, 0.25) is 5.91 Å². The van der Waals surface area contributed by atoms with Gasteiger partial charge in [0, 0.05) is 26.1 Å². The molecule has 15 heavy (non-hydrogen) atoms. The fraction of sp³-hybridized carbons (Fsp3) is 0.700. The number of guanidine groups is 1. The van der Waals surface area contributed by atoms with Crippen LogP contribution in [0, 0.1) is 12.0 Å². The third kappa shape index (κ3) is 4.67. The maximum absolute atomic E-state index is 11.6. The van der Waals surface area contributed by atoms with Gasteiger partial charge in [0.15, 0.2) is 5.96 Å². The van der Waals surface area contributed by atoms with Gasteiger partial charge in [0.1, 0.15) is 0 Å². The summed E-state index contributed by atoms with van der Waals surface area (Å²) in [7, 11) is 0. The zero-order valence-corrected chi connectivity index (χ0v) is 8.96. The van der Waals surface area contributed by atoms with Crippen molar-refractivity contribution in [2.75, 3.05) is 13.1 Å². The molecular weight excluding hydrogens is 192 g/mol. The van der Waals surface area contributed by atoms with E-state index in [-0.39, 0.29) is 11.9 Å². The zero-order valence-electron chi connectivity index (χ0n) is 8.96. The Morgan fingerprint density at radius 3 is 2.73 bits per heavy atom. The largest absolute Gasteiger partial charge is 0.370 e. The first-order chi connectivity index (χ1) is 7.20. The number of hydrogen-bond acceptors (Lipinski definition) is 2. The minimum absolute atomic E-state index is 0.0548. The fourth-order valence-electron chi connectivity index (χ4n) is 1.66. The molecule has 1 amide bonds. The Morgan fingerprint density at radius 1 is 1.47 bits per heavy atom. The number of hydrogen-bond donors (Lipinski definition) is 3. The first-order valence-electron chi connectivity index (χ1n) is 5.40. The summed E-state index contributed by atoms with van der Waals surface area (Å²) in [5, 5.41) is 9.51. The van der Waals surface area contributed by atoms with Gasteiger partial charge in [-0.3, -0.25) is 10.2 Å². The predicted octanol–water partition coefficient (Wildman–Crippen LogP) is 0.424. The number of likely N-dealkylation sites (tertiary alicyclic amines) is 1. The molecule has 1 heterocycles. The van der Waals surface area contributed by atoms with Gasteiger partial charge >= 0.3 is 0 Å². The third-order valence-corrected chi connectivity index (χ3v) is 2.46. The van der Waals surface area contributed by atoms with E-state index in [1.807, 2.05) is 4.90 Å².